The first-order chi connectivity index (χ1) is 6.92. The Morgan fingerprint density at radius 3 is 2.86 bits per heavy atom. The van der Waals surface area contributed by atoms with Crippen LogP contribution in [0, 0.1) is 5.92 Å². The summed E-state index contributed by atoms with van der Waals surface area (Å²) in [6.45, 7) is 7.32. The van der Waals surface area contributed by atoms with Crippen LogP contribution in [-0.4, -0.2) is 37.1 Å². The van der Waals surface area contributed by atoms with E-state index >= 15 is 0 Å². The standard InChI is InChI=1S/C12H24N2/c1-2-13-10-11-6-5-9-14-8-4-3-7-12(11)14/h11-13H,2-10H2,1H3/t11-,12-/m1/s1. The number of hydrogen-bond donors (Lipinski definition) is 1. The molecule has 2 fully saturated rings. The van der Waals surface area contributed by atoms with Gasteiger partial charge in [0.1, 0.15) is 0 Å². The number of fused-ring (bicyclic) bond motifs is 1. The maximum Gasteiger partial charge on any atom is 0.0136 e. The lowest BCUT2D eigenvalue weighted by Crippen LogP contribution is -2.50. The smallest absolute Gasteiger partial charge is 0.0136 e. The van der Waals surface area contributed by atoms with E-state index in [1.54, 1.807) is 0 Å². The van der Waals surface area contributed by atoms with Crippen LogP contribution in [0.15, 0.2) is 0 Å². The van der Waals surface area contributed by atoms with Gasteiger partial charge in [0.25, 0.3) is 0 Å². The molecule has 0 aromatic rings. The van der Waals surface area contributed by atoms with Crippen molar-refractivity contribution in [2.45, 2.75) is 45.1 Å². The summed E-state index contributed by atoms with van der Waals surface area (Å²) in [5.74, 6) is 0.934. The largest absolute Gasteiger partial charge is 0.317 e. The van der Waals surface area contributed by atoms with E-state index in [9.17, 15) is 0 Å². The van der Waals surface area contributed by atoms with Crippen LogP contribution in [0.4, 0.5) is 0 Å². The van der Waals surface area contributed by atoms with Gasteiger partial charge in [-0.15, -0.1) is 0 Å². The summed E-state index contributed by atoms with van der Waals surface area (Å²) in [5.41, 5.74) is 0. The Labute approximate surface area is 88.1 Å². The lowest BCUT2D eigenvalue weighted by molar-refractivity contribution is 0.0597. The van der Waals surface area contributed by atoms with Gasteiger partial charge in [0.15, 0.2) is 0 Å². The van der Waals surface area contributed by atoms with Crippen LogP contribution in [-0.2, 0) is 0 Å². The van der Waals surface area contributed by atoms with E-state index in [1.807, 2.05) is 0 Å². The second kappa shape index (κ2) is 5.13. The van der Waals surface area contributed by atoms with E-state index in [-0.39, 0.29) is 0 Å². The molecule has 0 aliphatic carbocycles. The van der Waals surface area contributed by atoms with Gasteiger partial charge in [0.2, 0.25) is 0 Å². The Balaban J connectivity index is 1.88. The van der Waals surface area contributed by atoms with Crippen LogP contribution in [0.25, 0.3) is 0 Å². The molecule has 0 aromatic heterocycles. The average molecular weight is 196 g/mol. The SMILES string of the molecule is CCNC[C@H]1CCCN2CCCC[C@H]12. The van der Waals surface area contributed by atoms with Gasteiger partial charge in [-0.1, -0.05) is 13.3 Å². The predicted octanol–water partition coefficient (Wildman–Crippen LogP) is 1.86. The molecule has 0 amide bonds. The van der Waals surface area contributed by atoms with Gasteiger partial charge in [-0.05, 0) is 57.8 Å². The van der Waals surface area contributed by atoms with Gasteiger partial charge in [-0.3, -0.25) is 0 Å². The third-order valence-electron chi connectivity index (χ3n) is 3.89. The minimum Gasteiger partial charge on any atom is -0.317 e. The summed E-state index contributed by atoms with van der Waals surface area (Å²) in [5, 5.41) is 3.52. The highest BCUT2D eigenvalue weighted by Crippen LogP contribution is 2.30. The number of piperidine rings is 2. The molecule has 0 bridgehead atoms. The number of nitrogens with one attached hydrogen (secondary N) is 1. The van der Waals surface area contributed by atoms with Crippen LogP contribution in [0.5, 0.6) is 0 Å². The lowest BCUT2D eigenvalue weighted by atomic mass is 9.83. The van der Waals surface area contributed by atoms with Crippen molar-refractivity contribution in [2.24, 2.45) is 5.92 Å². The zero-order chi connectivity index (χ0) is 9.80. The van der Waals surface area contributed by atoms with Crippen LogP contribution in [0.1, 0.15) is 39.0 Å². The molecule has 2 aliphatic rings. The van der Waals surface area contributed by atoms with E-state index in [2.05, 4.69) is 17.1 Å². The third-order valence-corrected chi connectivity index (χ3v) is 3.89. The molecule has 0 aromatic carbocycles. The second-order valence-electron chi connectivity index (χ2n) is 4.81. The van der Waals surface area contributed by atoms with E-state index in [1.165, 1.54) is 51.7 Å². The highest BCUT2D eigenvalue weighted by Gasteiger charge is 2.32. The van der Waals surface area contributed by atoms with Crippen molar-refractivity contribution in [3.05, 3.63) is 0 Å². The molecule has 2 heteroatoms. The maximum absolute atomic E-state index is 3.52. The van der Waals surface area contributed by atoms with Crippen molar-refractivity contribution < 1.29 is 0 Å². The summed E-state index contributed by atoms with van der Waals surface area (Å²) in [6, 6.07) is 0.913. The molecule has 0 radical (unpaired) electrons. The van der Waals surface area contributed by atoms with Crippen LogP contribution >= 0.6 is 0 Å². The summed E-state index contributed by atoms with van der Waals surface area (Å²) in [6.07, 6.45) is 7.23. The van der Waals surface area contributed by atoms with E-state index in [0.717, 1.165) is 18.5 Å². The molecule has 2 aliphatic heterocycles. The molecule has 2 heterocycles. The predicted molar refractivity (Wildman–Crippen MR) is 60.5 cm³/mol. The Kier molecular flexibility index (Phi) is 3.82. The van der Waals surface area contributed by atoms with Crippen molar-refractivity contribution in [3.8, 4) is 0 Å². The zero-order valence-corrected chi connectivity index (χ0v) is 9.47. The number of nitrogens with zero attached hydrogens (tertiary/aromatic N) is 1. The maximum atomic E-state index is 3.52. The number of rotatable bonds is 3. The fourth-order valence-corrected chi connectivity index (χ4v) is 3.15. The van der Waals surface area contributed by atoms with Crippen molar-refractivity contribution in [1.82, 2.24) is 10.2 Å². The third kappa shape index (κ3) is 2.29. The number of hydrogen-bond acceptors (Lipinski definition) is 2. The van der Waals surface area contributed by atoms with Gasteiger partial charge in [0.05, 0.1) is 0 Å². The molecule has 2 rings (SSSR count). The molecular weight excluding hydrogens is 172 g/mol. The molecule has 0 spiro atoms. The van der Waals surface area contributed by atoms with Gasteiger partial charge in [-0.25, -0.2) is 0 Å². The van der Waals surface area contributed by atoms with Gasteiger partial charge < -0.3 is 10.2 Å². The average Bonchev–Trinajstić information content (AvgIpc) is 2.26. The van der Waals surface area contributed by atoms with Crippen molar-refractivity contribution in [3.63, 3.8) is 0 Å². The monoisotopic (exact) mass is 196 g/mol. The van der Waals surface area contributed by atoms with Crippen LogP contribution in [0.2, 0.25) is 0 Å². The fourth-order valence-electron chi connectivity index (χ4n) is 3.15. The highest BCUT2D eigenvalue weighted by atomic mass is 15.2. The quantitative estimate of drug-likeness (QED) is 0.741. The molecule has 0 saturated carbocycles. The molecule has 2 saturated heterocycles. The molecule has 1 N–H and O–H groups in total. The lowest BCUT2D eigenvalue weighted by Gasteiger charge is -2.44. The van der Waals surface area contributed by atoms with Crippen molar-refractivity contribution in [1.29, 1.82) is 0 Å². The van der Waals surface area contributed by atoms with Crippen molar-refractivity contribution in [2.75, 3.05) is 26.2 Å². The van der Waals surface area contributed by atoms with E-state index in [0.29, 0.717) is 0 Å². The van der Waals surface area contributed by atoms with Crippen molar-refractivity contribution >= 4 is 0 Å². The minimum atomic E-state index is 0.913. The van der Waals surface area contributed by atoms with Gasteiger partial charge in [-0.2, -0.15) is 0 Å². The fraction of sp³-hybridized carbons (Fsp3) is 1.00. The summed E-state index contributed by atoms with van der Waals surface area (Å²) in [4.78, 5) is 2.75. The normalized spacial score (nSPS) is 34.1. The minimum absolute atomic E-state index is 0.913. The first-order valence-electron chi connectivity index (χ1n) is 6.36. The summed E-state index contributed by atoms with van der Waals surface area (Å²) in [7, 11) is 0. The van der Waals surface area contributed by atoms with Crippen LogP contribution in [0.3, 0.4) is 0 Å². The van der Waals surface area contributed by atoms with Gasteiger partial charge >= 0.3 is 0 Å². The molecule has 2 atom stereocenters. The molecule has 14 heavy (non-hydrogen) atoms. The molecule has 0 unspecified atom stereocenters. The summed E-state index contributed by atoms with van der Waals surface area (Å²) < 4.78 is 0. The zero-order valence-electron chi connectivity index (χ0n) is 9.47. The Hall–Kier alpha value is -0.0800. The second-order valence-corrected chi connectivity index (χ2v) is 4.81. The summed E-state index contributed by atoms with van der Waals surface area (Å²) >= 11 is 0. The topological polar surface area (TPSA) is 15.3 Å². The first kappa shape index (κ1) is 10.4. The molecular formula is C12H24N2. The Morgan fingerprint density at radius 2 is 2.00 bits per heavy atom. The van der Waals surface area contributed by atoms with Crippen LogP contribution < -0.4 is 5.32 Å². The Morgan fingerprint density at radius 1 is 1.14 bits per heavy atom. The first-order valence-corrected chi connectivity index (χ1v) is 6.36. The molecule has 82 valence electrons. The van der Waals surface area contributed by atoms with E-state index < -0.39 is 0 Å². The highest BCUT2D eigenvalue weighted by molar-refractivity contribution is 4.87. The molecule has 2 nitrogen and oxygen atoms in total. The van der Waals surface area contributed by atoms with Gasteiger partial charge in [0, 0.05) is 6.04 Å². The Bertz CT molecular complexity index is 168. The van der Waals surface area contributed by atoms with E-state index in [4.69, 9.17) is 0 Å².